The molecule has 0 spiro atoms. The molecule has 1 amide bonds. The van der Waals surface area contributed by atoms with E-state index in [1.807, 2.05) is 0 Å². The summed E-state index contributed by atoms with van der Waals surface area (Å²) in [5, 5.41) is 12.8. The van der Waals surface area contributed by atoms with Crippen molar-refractivity contribution in [2.45, 2.75) is 25.7 Å². The Labute approximate surface area is 127 Å². The van der Waals surface area contributed by atoms with Gasteiger partial charge in [0.15, 0.2) is 0 Å². The number of benzene rings is 1. The van der Waals surface area contributed by atoms with E-state index in [2.05, 4.69) is 5.32 Å². The number of nitrogens with one attached hydrogen (secondary N) is 1. The van der Waals surface area contributed by atoms with Crippen molar-refractivity contribution < 1.29 is 14.7 Å². The van der Waals surface area contributed by atoms with Crippen LogP contribution in [-0.4, -0.2) is 23.5 Å². The third-order valence-corrected chi connectivity index (χ3v) is 4.34. The molecule has 2 N–H and O–H groups in total. The zero-order chi connectivity index (χ0) is 14.8. The van der Waals surface area contributed by atoms with Crippen LogP contribution in [0.4, 0.5) is 0 Å². The molecule has 2 rings (SSSR count). The van der Waals surface area contributed by atoms with Gasteiger partial charge < -0.3 is 10.4 Å². The zero-order valence-electron chi connectivity index (χ0n) is 10.8. The Morgan fingerprint density at radius 1 is 1.30 bits per heavy atom. The van der Waals surface area contributed by atoms with Crippen LogP contribution in [0.15, 0.2) is 18.2 Å². The number of carbonyl (C=O) groups is 2. The topological polar surface area (TPSA) is 66.4 Å². The fraction of sp³-hybridized carbons (Fsp3) is 0.429. The van der Waals surface area contributed by atoms with Crippen molar-refractivity contribution in [1.82, 2.24) is 5.32 Å². The highest BCUT2D eigenvalue weighted by atomic mass is 35.5. The molecule has 0 radical (unpaired) electrons. The molecule has 1 aromatic carbocycles. The third kappa shape index (κ3) is 3.25. The molecule has 0 heterocycles. The molecule has 1 fully saturated rings. The van der Waals surface area contributed by atoms with Gasteiger partial charge in [-0.25, -0.2) is 0 Å². The maximum absolute atomic E-state index is 11.9. The molecule has 1 aromatic rings. The van der Waals surface area contributed by atoms with E-state index >= 15 is 0 Å². The summed E-state index contributed by atoms with van der Waals surface area (Å²) in [5.41, 5.74) is -0.106. The molecule has 1 saturated carbocycles. The number of carbonyl (C=O) groups excluding carboxylic acids is 1. The Morgan fingerprint density at radius 3 is 2.50 bits per heavy atom. The highest BCUT2D eigenvalue weighted by Crippen LogP contribution is 2.40. The molecule has 1 aliphatic carbocycles. The summed E-state index contributed by atoms with van der Waals surface area (Å²) in [4.78, 5) is 23.0. The molecule has 0 aromatic heterocycles. The van der Waals surface area contributed by atoms with E-state index in [9.17, 15) is 14.7 Å². The molecule has 1 aliphatic rings. The molecule has 20 heavy (non-hydrogen) atoms. The quantitative estimate of drug-likeness (QED) is 0.878. The first-order valence-corrected chi connectivity index (χ1v) is 7.13. The fourth-order valence-electron chi connectivity index (χ4n) is 2.24. The second kappa shape index (κ2) is 6.02. The van der Waals surface area contributed by atoms with Gasteiger partial charge in [-0.1, -0.05) is 35.7 Å². The first-order chi connectivity index (χ1) is 9.43. The van der Waals surface area contributed by atoms with Gasteiger partial charge in [-0.2, -0.15) is 0 Å². The summed E-state index contributed by atoms with van der Waals surface area (Å²) < 4.78 is 0. The molecule has 0 aliphatic heterocycles. The second-order valence-electron chi connectivity index (χ2n) is 5.13. The van der Waals surface area contributed by atoms with Crippen molar-refractivity contribution in [3.8, 4) is 0 Å². The molecule has 0 saturated heterocycles. The van der Waals surface area contributed by atoms with E-state index in [0.29, 0.717) is 28.5 Å². The van der Waals surface area contributed by atoms with Crippen molar-refractivity contribution in [3.63, 3.8) is 0 Å². The van der Waals surface area contributed by atoms with Crippen LogP contribution in [-0.2, 0) is 16.0 Å². The van der Waals surface area contributed by atoms with Crippen molar-refractivity contribution in [3.05, 3.63) is 33.8 Å². The van der Waals surface area contributed by atoms with Gasteiger partial charge in [0.25, 0.3) is 0 Å². The Bertz CT molecular complexity index is 541. The van der Waals surface area contributed by atoms with E-state index in [-0.39, 0.29) is 18.9 Å². The highest BCUT2D eigenvalue weighted by molar-refractivity contribution is 6.35. The van der Waals surface area contributed by atoms with Gasteiger partial charge in [-0.15, -0.1) is 0 Å². The molecule has 0 unspecified atom stereocenters. The zero-order valence-corrected chi connectivity index (χ0v) is 12.3. The summed E-state index contributed by atoms with van der Waals surface area (Å²) >= 11 is 11.8. The Hall–Kier alpha value is -1.26. The Kier molecular flexibility index (Phi) is 4.55. The normalized spacial score (nSPS) is 16.3. The van der Waals surface area contributed by atoms with E-state index in [1.165, 1.54) is 0 Å². The van der Waals surface area contributed by atoms with Crippen molar-refractivity contribution in [2.75, 3.05) is 6.54 Å². The van der Waals surface area contributed by atoms with Crippen LogP contribution < -0.4 is 5.32 Å². The number of amides is 1. The monoisotopic (exact) mass is 315 g/mol. The van der Waals surface area contributed by atoms with Gasteiger partial charge in [0.2, 0.25) is 5.91 Å². The number of hydrogen-bond acceptors (Lipinski definition) is 2. The van der Waals surface area contributed by atoms with E-state index in [1.54, 1.807) is 18.2 Å². The average Bonchev–Trinajstić information content (AvgIpc) is 2.31. The third-order valence-electron chi connectivity index (χ3n) is 3.75. The van der Waals surface area contributed by atoms with Crippen LogP contribution in [0, 0.1) is 5.41 Å². The first kappa shape index (κ1) is 15.1. The van der Waals surface area contributed by atoms with Crippen LogP contribution in [0.5, 0.6) is 0 Å². The summed E-state index contributed by atoms with van der Waals surface area (Å²) in [7, 11) is 0. The molecule has 4 nitrogen and oxygen atoms in total. The lowest BCUT2D eigenvalue weighted by atomic mass is 9.69. The minimum absolute atomic E-state index is 0.117. The molecular formula is C14H15Cl2NO3. The minimum atomic E-state index is -0.839. The van der Waals surface area contributed by atoms with Crippen LogP contribution in [0.1, 0.15) is 24.8 Å². The van der Waals surface area contributed by atoms with Crippen LogP contribution in [0.25, 0.3) is 0 Å². The average molecular weight is 316 g/mol. The van der Waals surface area contributed by atoms with E-state index in [0.717, 1.165) is 6.42 Å². The lowest BCUT2D eigenvalue weighted by Crippen LogP contribution is -2.47. The number of rotatable bonds is 5. The van der Waals surface area contributed by atoms with E-state index in [4.69, 9.17) is 23.2 Å². The number of carboxylic acids is 1. The van der Waals surface area contributed by atoms with E-state index < -0.39 is 11.4 Å². The molecular weight excluding hydrogens is 301 g/mol. The smallest absolute Gasteiger partial charge is 0.311 e. The van der Waals surface area contributed by atoms with Gasteiger partial charge >= 0.3 is 5.97 Å². The van der Waals surface area contributed by atoms with Crippen LogP contribution in [0.3, 0.4) is 0 Å². The lowest BCUT2D eigenvalue weighted by Gasteiger charge is -2.37. The Morgan fingerprint density at radius 2 is 2.00 bits per heavy atom. The maximum Gasteiger partial charge on any atom is 0.311 e. The van der Waals surface area contributed by atoms with Crippen molar-refractivity contribution in [2.24, 2.45) is 5.41 Å². The van der Waals surface area contributed by atoms with Gasteiger partial charge in [-0.3, -0.25) is 9.59 Å². The van der Waals surface area contributed by atoms with Gasteiger partial charge in [0, 0.05) is 16.6 Å². The first-order valence-electron chi connectivity index (χ1n) is 6.37. The predicted molar refractivity (Wildman–Crippen MR) is 77.1 cm³/mol. The predicted octanol–water partition coefficient (Wildman–Crippen LogP) is 2.91. The summed E-state index contributed by atoms with van der Waals surface area (Å²) in [5.74, 6) is -1.07. The number of carboxylic acid groups (broad SMARTS) is 1. The SMILES string of the molecule is O=C(Cc1ccc(Cl)cc1Cl)NCC1(C(=O)O)CCC1. The van der Waals surface area contributed by atoms with Crippen molar-refractivity contribution >= 4 is 35.1 Å². The van der Waals surface area contributed by atoms with Crippen LogP contribution >= 0.6 is 23.2 Å². The number of halogens is 2. The number of hydrogen-bond donors (Lipinski definition) is 2. The molecule has 6 heteroatoms. The molecule has 0 bridgehead atoms. The van der Waals surface area contributed by atoms with Gasteiger partial charge in [0.05, 0.1) is 11.8 Å². The molecule has 108 valence electrons. The summed E-state index contributed by atoms with van der Waals surface area (Å²) in [6, 6.07) is 4.94. The Balaban J connectivity index is 1.91. The van der Waals surface area contributed by atoms with Gasteiger partial charge in [-0.05, 0) is 30.5 Å². The standard InChI is InChI=1S/C14H15Cl2NO3/c15-10-3-2-9(11(16)7-10)6-12(18)17-8-14(13(19)20)4-1-5-14/h2-3,7H,1,4-6,8H2,(H,17,18)(H,19,20). The maximum atomic E-state index is 11.9. The van der Waals surface area contributed by atoms with Crippen molar-refractivity contribution in [1.29, 1.82) is 0 Å². The van der Waals surface area contributed by atoms with Crippen LogP contribution in [0.2, 0.25) is 10.0 Å². The highest BCUT2D eigenvalue weighted by Gasteiger charge is 2.44. The molecule has 0 atom stereocenters. The minimum Gasteiger partial charge on any atom is -0.481 e. The lowest BCUT2D eigenvalue weighted by molar-refractivity contribution is -0.154. The van der Waals surface area contributed by atoms with Gasteiger partial charge in [0.1, 0.15) is 0 Å². The number of aliphatic carboxylic acids is 1. The summed E-state index contributed by atoms with van der Waals surface area (Å²) in [6.45, 7) is 0.173. The summed E-state index contributed by atoms with van der Waals surface area (Å²) in [6.07, 6.45) is 2.24. The fourth-order valence-corrected chi connectivity index (χ4v) is 2.71. The second-order valence-corrected chi connectivity index (χ2v) is 5.97. The largest absolute Gasteiger partial charge is 0.481 e.